The molecule has 2 rings (SSSR count). The summed E-state index contributed by atoms with van der Waals surface area (Å²) in [6, 6.07) is 14.0. The molecule has 5 heteroatoms. The van der Waals surface area contributed by atoms with Gasteiger partial charge < -0.3 is 10.6 Å². The number of para-hydroxylation sites is 1. The lowest BCUT2D eigenvalue weighted by molar-refractivity contribution is -0.116. The average Bonchev–Trinajstić information content (AvgIpc) is 2.53. The molecular formula is C18H22ClFN2O. The van der Waals surface area contributed by atoms with E-state index in [4.69, 9.17) is 0 Å². The van der Waals surface area contributed by atoms with E-state index in [0.717, 1.165) is 29.9 Å². The number of nitrogens with one attached hydrogen (secondary N) is 2. The fourth-order valence-corrected chi connectivity index (χ4v) is 2.18. The topological polar surface area (TPSA) is 41.1 Å². The number of benzene rings is 2. The highest BCUT2D eigenvalue weighted by molar-refractivity contribution is 5.91. The third kappa shape index (κ3) is 6.38. The van der Waals surface area contributed by atoms with E-state index in [9.17, 15) is 9.18 Å². The van der Waals surface area contributed by atoms with Crippen molar-refractivity contribution in [3.05, 3.63) is 65.5 Å². The van der Waals surface area contributed by atoms with Crippen molar-refractivity contribution in [2.45, 2.75) is 26.3 Å². The molecule has 124 valence electrons. The molecule has 0 radical (unpaired) electrons. The van der Waals surface area contributed by atoms with Crippen molar-refractivity contribution in [1.29, 1.82) is 0 Å². The van der Waals surface area contributed by atoms with E-state index in [1.165, 1.54) is 12.1 Å². The zero-order chi connectivity index (χ0) is 15.8. The molecule has 0 heterocycles. The maximum absolute atomic E-state index is 12.8. The van der Waals surface area contributed by atoms with Gasteiger partial charge in [-0.05, 0) is 42.3 Å². The van der Waals surface area contributed by atoms with E-state index in [1.807, 2.05) is 31.2 Å². The molecule has 2 aromatic rings. The molecule has 0 aromatic heterocycles. The highest BCUT2D eigenvalue weighted by Crippen LogP contribution is 2.15. The number of carbonyl (C=O) groups excluding carboxylic acids is 1. The van der Waals surface area contributed by atoms with Gasteiger partial charge in [-0.25, -0.2) is 4.39 Å². The van der Waals surface area contributed by atoms with Crippen LogP contribution in [-0.2, 0) is 17.8 Å². The van der Waals surface area contributed by atoms with Gasteiger partial charge >= 0.3 is 0 Å². The standard InChI is InChI=1S/C18H21FN2O.ClH/c1-2-20-13-15-5-3-4-6-17(15)21-18(22)12-9-14-7-10-16(19)11-8-14;/h3-8,10-11,20H,2,9,12-13H2,1H3,(H,21,22);1H. The van der Waals surface area contributed by atoms with Crippen LogP contribution in [-0.4, -0.2) is 12.5 Å². The molecule has 0 spiro atoms. The minimum atomic E-state index is -0.259. The predicted octanol–water partition coefficient (Wildman–Crippen LogP) is 3.93. The van der Waals surface area contributed by atoms with Gasteiger partial charge in [-0.1, -0.05) is 37.3 Å². The second kappa shape index (κ2) is 9.98. The number of halogens is 2. The number of carbonyl (C=O) groups is 1. The highest BCUT2D eigenvalue weighted by atomic mass is 35.5. The third-order valence-electron chi connectivity index (χ3n) is 3.41. The number of rotatable bonds is 7. The third-order valence-corrected chi connectivity index (χ3v) is 3.41. The lowest BCUT2D eigenvalue weighted by atomic mass is 10.1. The first-order valence-electron chi connectivity index (χ1n) is 7.52. The molecule has 1 amide bonds. The Labute approximate surface area is 142 Å². The van der Waals surface area contributed by atoms with Gasteiger partial charge in [0, 0.05) is 18.7 Å². The SMILES string of the molecule is CCNCc1ccccc1NC(=O)CCc1ccc(F)cc1.Cl. The molecule has 0 fully saturated rings. The number of hydrogen-bond donors (Lipinski definition) is 2. The van der Waals surface area contributed by atoms with Gasteiger partial charge in [0.2, 0.25) is 5.91 Å². The zero-order valence-corrected chi connectivity index (χ0v) is 14.0. The van der Waals surface area contributed by atoms with Crippen LogP contribution in [0.3, 0.4) is 0 Å². The van der Waals surface area contributed by atoms with Crippen LogP contribution in [0.4, 0.5) is 10.1 Å². The molecule has 3 nitrogen and oxygen atoms in total. The van der Waals surface area contributed by atoms with Crippen LogP contribution in [0.2, 0.25) is 0 Å². The molecule has 23 heavy (non-hydrogen) atoms. The van der Waals surface area contributed by atoms with Gasteiger partial charge in [0.25, 0.3) is 0 Å². The van der Waals surface area contributed by atoms with Crippen LogP contribution in [0, 0.1) is 5.82 Å². The van der Waals surface area contributed by atoms with Crippen LogP contribution in [0.25, 0.3) is 0 Å². The summed E-state index contributed by atoms with van der Waals surface area (Å²) in [4.78, 5) is 12.1. The fraction of sp³-hybridized carbons (Fsp3) is 0.278. The second-order valence-corrected chi connectivity index (χ2v) is 5.11. The van der Waals surface area contributed by atoms with E-state index >= 15 is 0 Å². The molecule has 2 N–H and O–H groups in total. The summed E-state index contributed by atoms with van der Waals surface area (Å²) in [5, 5.41) is 6.20. The normalized spacial score (nSPS) is 10.0. The summed E-state index contributed by atoms with van der Waals surface area (Å²) in [6.07, 6.45) is 0.975. The predicted molar refractivity (Wildman–Crippen MR) is 94.4 cm³/mol. The first-order valence-corrected chi connectivity index (χ1v) is 7.52. The number of hydrogen-bond acceptors (Lipinski definition) is 2. The van der Waals surface area contributed by atoms with E-state index in [-0.39, 0.29) is 24.1 Å². The molecular weight excluding hydrogens is 315 g/mol. The summed E-state index contributed by atoms with van der Waals surface area (Å²) in [7, 11) is 0. The van der Waals surface area contributed by atoms with Crippen molar-refractivity contribution < 1.29 is 9.18 Å². The van der Waals surface area contributed by atoms with Crippen LogP contribution < -0.4 is 10.6 Å². The summed E-state index contributed by atoms with van der Waals surface area (Å²) in [5.41, 5.74) is 2.87. The van der Waals surface area contributed by atoms with E-state index in [1.54, 1.807) is 12.1 Å². The van der Waals surface area contributed by atoms with E-state index in [2.05, 4.69) is 10.6 Å². The van der Waals surface area contributed by atoms with Gasteiger partial charge in [-0.2, -0.15) is 0 Å². The monoisotopic (exact) mass is 336 g/mol. The molecule has 0 aliphatic heterocycles. The maximum Gasteiger partial charge on any atom is 0.224 e. The number of aryl methyl sites for hydroxylation is 1. The second-order valence-electron chi connectivity index (χ2n) is 5.11. The van der Waals surface area contributed by atoms with Gasteiger partial charge in [0.15, 0.2) is 0 Å². The van der Waals surface area contributed by atoms with Crippen LogP contribution >= 0.6 is 12.4 Å². The first kappa shape index (κ1) is 19.1. The minimum absolute atomic E-state index is 0. The van der Waals surface area contributed by atoms with Crippen molar-refractivity contribution in [2.24, 2.45) is 0 Å². The Bertz CT molecular complexity index is 617. The number of anilines is 1. The van der Waals surface area contributed by atoms with Gasteiger partial charge in [-0.15, -0.1) is 12.4 Å². The smallest absolute Gasteiger partial charge is 0.224 e. The Morgan fingerprint density at radius 1 is 1.09 bits per heavy atom. The van der Waals surface area contributed by atoms with Crippen LogP contribution in [0.1, 0.15) is 24.5 Å². The molecule has 0 bridgehead atoms. The van der Waals surface area contributed by atoms with Gasteiger partial charge in [0.05, 0.1) is 0 Å². The Morgan fingerprint density at radius 3 is 2.48 bits per heavy atom. The van der Waals surface area contributed by atoms with Crippen molar-refractivity contribution in [3.63, 3.8) is 0 Å². The summed E-state index contributed by atoms with van der Waals surface area (Å²) < 4.78 is 12.8. The van der Waals surface area contributed by atoms with Crippen LogP contribution in [0.15, 0.2) is 48.5 Å². The highest BCUT2D eigenvalue weighted by Gasteiger charge is 2.06. The zero-order valence-electron chi connectivity index (χ0n) is 13.1. The Hall–Kier alpha value is -1.91. The Balaban J connectivity index is 0.00000264. The van der Waals surface area contributed by atoms with Gasteiger partial charge in [-0.3, -0.25) is 4.79 Å². The van der Waals surface area contributed by atoms with Crippen LogP contribution in [0.5, 0.6) is 0 Å². The summed E-state index contributed by atoms with van der Waals surface area (Å²) in [5.74, 6) is -0.293. The molecule has 2 aromatic carbocycles. The van der Waals surface area contributed by atoms with E-state index in [0.29, 0.717) is 12.8 Å². The Kier molecular flexibility index (Phi) is 8.30. The van der Waals surface area contributed by atoms with Gasteiger partial charge in [0.1, 0.15) is 5.82 Å². The molecule has 0 saturated heterocycles. The summed E-state index contributed by atoms with van der Waals surface area (Å²) in [6.45, 7) is 3.65. The lowest BCUT2D eigenvalue weighted by Crippen LogP contribution is -2.17. The molecule has 0 atom stereocenters. The minimum Gasteiger partial charge on any atom is -0.326 e. The molecule has 0 saturated carbocycles. The lowest BCUT2D eigenvalue weighted by Gasteiger charge is -2.11. The molecule has 0 aliphatic carbocycles. The fourth-order valence-electron chi connectivity index (χ4n) is 2.18. The average molecular weight is 337 g/mol. The maximum atomic E-state index is 12.8. The number of amides is 1. The largest absolute Gasteiger partial charge is 0.326 e. The molecule has 0 unspecified atom stereocenters. The van der Waals surface area contributed by atoms with Crippen molar-refractivity contribution in [1.82, 2.24) is 5.32 Å². The van der Waals surface area contributed by atoms with Crippen molar-refractivity contribution in [3.8, 4) is 0 Å². The first-order chi connectivity index (χ1) is 10.7. The Morgan fingerprint density at radius 2 is 1.78 bits per heavy atom. The molecule has 0 aliphatic rings. The quantitative estimate of drug-likeness (QED) is 0.804. The summed E-state index contributed by atoms with van der Waals surface area (Å²) >= 11 is 0. The van der Waals surface area contributed by atoms with Crippen molar-refractivity contribution >= 4 is 24.0 Å². The van der Waals surface area contributed by atoms with Crippen molar-refractivity contribution in [2.75, 3.05) is 11.9 Å². The van der Waals surface area contributed by atoms with E-state index < -0.39 is 0 Å².